The van der Waals surface area contributed by atoms with Crippen LogP contribution in [-0.2, 0) is 10.0 Å². The molecule has 0 saturated carbocycles. The number of rotatable bonds is 6. The molecule has 0 bridgehead atoms. The largest absolute Gasteiger partial charge is 0.446 e. The number of halogens is 6. The van der Waals surface area contributed by atoms with Gasteiger partial charge in [-0.1, -0.05) is 0 Å². The summed E-state index contributed by atoms with van der Waals surface area (Å²) < 4.78 is 87.1. The van der Waals surface area contributed by atoms with E-state index >= 15 is 0 Å². The summed E-state index contributed by atoms with van der Waals surface area (Å²) in [6.07, 6.45) is 0. The molecule has 0 aliphatic carbocycles. The van der Waals surface area contributed by atoms with Crippen molar-refractivity contribution in [2.75, 3.05) is 13.1 Å². The molecule has 1 aromatic rings. The molecule has 1 rings (SSSR count). The Morgan fingerprint density at radius 1 is 1.09 bits per heavy atom. The van der Waals surface area contributed by atoms with E-state index in [1.54, 1.807) is 4.72 Å². The third-order valence-corrected chi connectivity index (χ3v) is 4.34. The van der Waals surface area contributed by atoms with Crippen LogP contribution in [0.2, 0.25) is 0 Å². The lowest BCUT2D eigenvalue weighted by Crippen LogP contribution is -2.41. The fourth-order valence-corrected chi connectivity index (χ4v) is 2.78. The molecule has 0 amide bonds. The predicted molar refractivity (Wildman–Crippen MR) is 74.8 cm³/mol. The van der Waals surface area contributed by atoms with Crippen molar-refractivity contribution in [3.63, 3.8) is 0 Å². The lowest BCUT2D eigenvalue weighted by Gasteiger charge is -2.15. The quantitative estimate of drug-likeness (QED) is 0.582. The van der Waals surface area contributed by atoms with E-state index in [1.807, 2.05) is 0 Å². The van der Waals surface area contributed by atoms with Crippen molar-refractivity contribution in [2.45, 2.75) is 21.2 Å². The van der Waals surface area contributed by atoms with Crippen molar-refractivity contribution in [3.8, 4) is 0 Å². The monoisotopic (exact) mass is 386 g/mol. The minimum atomic E-state index is -4.50. The maximum atomic E-state index is 12.9. The SMILES string of the molecule is Cl.NCC(F)(F)CNS(=O)(=O)c1ccc(SC(F)(F)F)cc1. The van der Waals surface area contributed by atoms with Gasteiger partial charge in [0.15, 0.2) is 0 Å². The van der Waals surface area contributed by atoms with Crippen LogP contribution in [0.15, 0.2) is 34.1 Å². The van der Waals surface area contributed by atoms with Gasteiger partial charge in [-0.3, -0.25) is 0 Å². The smallest absolute Gasteiger partial charge is 0.325 e. The number of benzene rings is 1. The molecule has 1 aromatic carbocycles. The summed E-state index contributed by atoms with van der Waals surface area (Å²) in [4.78, 5) is -0.629. The Bertz CT molecular complexity index is 578. The first-order chi connectivity index (χ1) is 9.45. The van der Waals surface area contributed by atoms with Crippen LogP contribution in [0, 0.1) is 0 Å². The van der Waals surface area contributed by atoms with Gasteiger partial charge in [-0.2, -0.15) is 13.2 Å². The molecule has 0 radical (unpaired) electrons. The van der Waals surface area contributed by atoms with Crippen LogP contribution >= 0.6 is 24.2 Å². The minimum Gasteiger partial charge on any atom is -0.325 e. The highest BCUT2D eigenvalue weighted by atomic mass is 35.5. The van der Waals surface area contributed by atoms with E-state index in [0.717, 1.165) is 24.3 Å². The summed E-state index contributed by atoms with van der Waals surface area (Å²) in [5, 5.41) is 0. The van der Waals surface area contributed by atoms with Gasteiger partial charge < -0.3 is 5.73 Å². The van der Waals surface area contributed by atoms with Gasteiger partial charge in [0.2, 0.25) is 10.0 Å². The summed E-state index contributed by atoms with van der Waals surface area (Å²) in [7, 11) is -4.24. The third-order valence-electron chi connectivity index (χ3n) is 2.19. The maximum absolute atomic E-state index is 12.9. The van der Waals surface area contributed by atoms with Gasteiger partial charge in [-0.15, -0.1) is 12.4 Å². The van der Waals surface area contributed by atoms with E-state index in [9.17, 15) is 30.4 Å². The molecular formula is C10H12ClF5N2O2S2. The van der Waals surface area contributed by atoms with E-state index in [-0.39, 0.29) is 17.3 Å². The zero-order chi connectivity index (χ0) is 16.3. The summed E-state index contributed by atoms with van der Waals surface area (Å²) in [6.45, 7) is -2.22. The van der Waals surface area contributed by atoms with Crippen molar-refractivity contribution in [3.05, 3.63) is 24.3 Å². The van der Waals surface area contributed by atoms with E-state index in [1.165, 1.54) is 0 Å². The van der Waals surface area contributed by atoms with E-state index in [0.29, 0.717) is 0 Å². The molecule has 3 N–H and O–H groups in total. The Labute approximate surface area is 134 Å². The van der Waals surface area contributed by atoms with Crippen molar-refractivity contribution in [1.82, 2.24) is 4.72 Å². The van der Waals surface area contributed by atoms with E-state index in [4.69, 9.17) is 5.73 Å². The summed E-state index contributed by atoms with van der Waals surface area (Å²) in [6, 6.07) is 3.68. The van der Waals surface area contributed by atoms with Gasteiger partial charge in [0, 0.05) is 4.90 Å². The summed E-state index contributed by atoms with van der Waals surface area (Å²) in [5.41, 5.74) is 0.261. The van der Waals surface area contributed by atoms with Crippen LogP contribution in [0.25, 0.3) is 0 Å². The molecule has 0 atom stereocenters. The van der Waals surface area contributed by atoms with Crippen molar-refractivity contribution in [1.29, 1.82) is 0 Å². The number of nitrogens with one attached hydrogen (secondary N) is 1. The summed E-state index contributed by atoms with van der Waals surface area (Å²) >= 11 is -0.410. The third kappa shape index (κ3) is 7.09. The van der Waals surface area contributed by atoms with Crippen molar-refractivity contribution >= 4 is 34.2 Å². The number of hydrogen-bond acceptors (Lipinski definition) is 4. The molecule has 0 spiro atoms. The number of thioether (sulfide) groups is 1. The average Bonchev–Trinajstić information content (AvgIpc) is 2.35. The van der Waals surface area contributed by atoms with Gasteiger partial charge in [-0.05, 0) is 36.0 Å². The number of alkyl halides is 5. The Kier molecular flexibility index (Phi) is 7.55. The van der Waals surface area contributed by atoms with Gasteiger partial charge in [0.1, 0.15) is 0 Å². The molecule has 0 heterocycles. The van der Waals surface area contributed by atoms with Crippen LogP contribution in [0.5, 0.6) is 0 Å². The van der Waals surface area contributed by atoms with E-state index < -0.39 is 51.2 Å². The Morgan fingerprint density at radius 2 is 1.59 bits per heavy atom. The van der Waals surface area contributed by atoms with Gasteiger partial charge in [0.05, 0.1) is 18.0 Å². The van der Waals surface area contributed by atoms with Gasteiger partial charge in [-0.25, -0.2) is 21.9 Å². The molecule has 0 saturated heterocycles. The van der Waals surface area contributed by atoms with Crippen LogP contribution < -0.4 is 10.5 Å². The fraction of sp³-hybridized carbons (Fsp3) is 0.400. The molecule has 12 heteroatoms. The number of hydrogen-bond donors (Lipinski definition) is 2. The zero-order valence-electron chi connectivity index (χ0n) is 10.7. The van der Waals surface area contributed by atoms with Gasteiger partial charge >= 0.3 is 5.51 Å². The molecule has 0 aliphatic rings. The second-order valence-electron chi connectivity index (χ2n) is 3.90. The number of sulfonamides is 1. The molecule has 4 nitrogen and oxygen atoms in total. The first kappa shape index (κ1) is 21.4. The minimum absolute atomic E-state index is 0. The fourth-order valence-electron chi connectivity index (χ4n) is 1.18. The second-order valence-corrected chi connectivity index (χ2v) is 6.81. The van der Waals surface area contributed by atoms with Crippen LogP contribution in [-0.4, -0.2) is 32.9 Å². The van der Waals surface area contributed by atoms with Crippen LogP contribution in [0.4, 0.5) is 22.0 Å². The second kappa shape index (κ2) is 7.77. The highest BCUT2D eigenvalue weighted by Crippen LogP contribution is 2.36. The molecule has 0 aromatic heterocycles. The summed E-state index contributed by atoms with van der Waals surface area (Å²) in [5.74, 6) is -3.40. The molecule has 128 valence electrons. The standard InChI is InChI=1S/C10H11F5N2O2S2.ClH/c11-9(12,5-16)6-17-21(18,19)8-3-1-7(2-4-8)20-10(13,14)15;/h1-4,17H,5-6,16H2;1H. The molecule has 0 unspecified atom stereocenters. The average molecular weight is 387 g/mol. The topological polar surface area (TPSA) is 72.2 Å². The Hall–Kier alpha value is -0.620. The molecule has 22 heavy (non-hydrogen) atoms. The van der Waals surface area contributed by atoms with Crippen LogP contribution in [0.3, 0.4) is 0 Å². The maximum Gasteiger partial charge on any atom is 0.446 e. The lowest BCUT2D eigenvalue weighted by atomic mass is 10.3. The first-order valence-electron chi connectivity index (χ1n) is 5.39. The lowest BCUT2D eigenvalue weighted by molar-refractivity contribution is -0.0328. The Morgan fingerprint density at radius 3 is 2.00 bits per heavy atom. The zero-order valence-corrected chi connectivity index (χ0v) is 13.2. The van der Waals surface area contributed by atoms with Crippen molar-refractivity contribution < 1.29 is 30.4 Å². The highest BCUT2D eigenvalue weighted by Gasteiger charge is 2.30. The first-order valence-corrected chi connectivity index (χ1v) is 7.68. The molecule has 0 fully saturated rings. The molecule has 0 aliphatic heterocycles. The van der Waals surface area contributed by atoms with Crippen molar-refractivity contribution in [2.24, 2.45) is 5.73 Å². The number of nitrogens with two attached hydrogens (primary N) is 1. The van der Waals surface area contributed by atoms with E-state index in [2.05, 4.69) is 0 Å². The molecular weight excluding hydrogens is 375 g/mol. The predicted octanol–water partition coefficient (Wildman–Crippen LogP) is 2.59. The van der Waals surface area contributed by atoms with Crippen LogP contribution in [0.1, 0.15) is 0 Å². The highest BCUT2D eigenvalue weighted by molar-refractivity contribution is 8.00. The van der Waals surface area contributed by atoms with Gasteiger partial charge in [0.25, 0.3) is 5.92 Å². The Balaban J connectivity index is 0.00000441. The normalized spacial score (nSPS) is 12.8.